The lowest BCUT2D eigenvalue weighted by atomic mass is 9.81. The van der Waals surface area contributed by atoms with Crippen molar-refractivity contribution in [3.8, 4) is 0 Å². The van der Waals surface area contributed by atoms with Crippen LogP contribution in [0, 0.1) is 11.8 Å². The highest BCUT2D eigenvalue weighted by molar-refractivity contribution is 4.89. The van der Waals surface area contributed by atoms with E-state index in [1.807, 2.05) is 0 Å². The molecule has 0 aromatic carbocycles. The summed E-state index contributed by atoms with van der Waals surface area (Å²) in [6.45, 7) is 5.03. The summed E-state index contributed by atoms with van der Waals surface area (Å²) in [5.41, 5.74) is 0. The van der Waals surface area contributed by atoms with Crippen LogP contribution in [0.15, 0.2) is 0 Å². The molecule has 0 aromatic rings. The predicted molar refractivity (Wildman–Crippen MR) is 68.7 cm³/mol. The van der Waals surface area contributed by atoms with E-state index in [1.165, 1.54) is 45.4 Å². The molecule has 2 saturated heterocycles. The zero-order valence-corrected chi connectivity index (χ0v) is 11.1. The first kappa shape index (κ1) is 12.3. The van der Waals surface area contributed by atoms with Crippen LogP contribution in [0.25, 0.3) is 0 Å². The van der Waals surface area contributed by atoms with Crippen LogP contribution in [0.2, 0.25) is 0 Å². The van der Waals surface area contributed by atoms with Crippen molar-refractivity contribution in [3.05, 3.63) is 0 Å². The molecule has 0 bridgehead atoms. The van der Waals surface area contributed by atoms with Crippen LogP contribution in [0.3, 0.4) is 0 Å². The monoisotopic (exact) mass is 225 g/mol. The Morgan fingerprint density at radius 3 is 2.31 bits per heavy atom. The van der Waals surface area contributed by atoms with Gasteiger partial charge in [0.25, 0.3) is 0 Å². The summed E-state index contributed by atoms with van der Waals surface area (Å²) >= 11 is 0. The predicted octanol–water partition coefficient (Wildman–Crippen LogP) is 0.868. The smallest absolute Gasteiger partial charge is 0.0159 e. The van der Waals surface area contributed by atoms with Crippen LogP contribution in [-0.2, 0) is 0 Å². The second kappa shape index (κ2) is 5.48. The molecule has 3 heteroatoms. The molecule has 2 atom stereocenters. The number of nitrogens with one attached hydrogen (secondary N) is 1. The molecule has 2 heterocycles. The molecular formula is C13H27N3. The van der Waals surface area contributed by atoms with Gasteiger partial charge < -0.3 is 15.1 Å². The topological polar surface area (TPSA) is 18.5 Å². The van der Waals surface area contributed by atoms with E-state index in [-0.39, 0.29) is 0 Å². The van der Waals surface area contributed by atoms with Gasteiger partial charge in [-0.2, -0.15) is 0 Å². The summed E-state index contributed by atoms with van der Waals surface area (Å²) < 4.78 is 0. The first-order valence-electron chi connectivity index (χ1n) is 6.74. The number of hydrogen-bond acceptors (Lipinski definition) is 3. The highest BCUT2D eigenvalue weighted by Crippen LogP contribution is 2.30. The normalized spacial score (nSPS) is 31.1. The fourth-order valence-corrected chi connectivity index (χ4v) is 3.57. The third-order valence-corrected chi connectivity index (χ3v) is 4.42. The third-order valence-electron chi connectivity index (χ3n) is 4.42. The maximum atomic E-state index is 3.52. The number of nitrogens with zero attached hydrogens (tertiary/aromatic N) is 2. The van der Waals surface area contributed by atoms with Crippen molar-refractivity contribution in [2.24, 2.45) is 11.8 Å². The average Bonchev–Trinajstić information content (AvgIpc) is 2.74. The summed E-state index contributed by atoms with van der Waals surface area (Å²) in [5, 5.41) is 3.52. The second-order valence-corrected chi connectivity index (χ2v) is 5.85. The van der Waals surface area contributed by atoms with Gasteiger partial charge in [-0.05, 0) is 78.4 Å². The van der Waals surface area contributed by atoms with E-state index in [0.717, 1.165) is 17.9 Å². The lowest BCUT2D eigenvalue weighted by Gasteiger charge is -2.40. The van der Waals surface area contributed by atoms with E-state index in [9.17, 15) is 0 Å². The molecule has 2 fully saturated rings. The SMILES string of the molecule is CN1CCC(C(C2CCNC2)N(C)C)CC1. The molecule has 0 aliphatic carbocycles. The Hall–Kier alpha value is -0.120. The zero-order valence-electron chi connectivity index (χ0n) is 11.1. The van der Waals surface area contributed by atoms with E-state index >= 15 is 0 Å². The van der Waals surface area contributed by atoms with Gasteiger partial charge in [-0.1, -0.05) is 0 Å². The first-order valence-corrected chi connectivity index (χ1v) is 6.74. The fourth-order valence-electron chi connectivity index (χ4n) is 3.57. The van der Waals surface area contributed by atoms with Crippen molar-refractivity contribution in [3.63, 3.8) is 0 Å². The number of likely N-dealkylation sites (tertiary alicyclic amines) is 1. The van der Waals surface area contributed by atoms with Crippen LogP contribution < -0.4 is 5.32 Å². The van der Waals surface area contributed by atoms with Gasteiger partial charge in [-0.25, -0.2) is 0 Å². The summed E-state index contributed by atoms with van der Waals surface area (Å²) in [6.07, 6.45) is 4.14. The minimum atomic E-state index is 0.795. The highest BCUT2D eigenvalue weighted by Gasteiger charge is 2.34. The maximum Gasteiger partial charge on any atom is 0.0159 e. The Morgan fingerprint density at radius 2 is 1.81 bits per heavy atom. The molecule has 0 aromatic heterocycles. The Labute approximate surface area is 100 Å². The summed E-state index contributed by atoms with van der Waals surface area (Å²) in [6, 6.07) is 0.795. The number of rotatable bonds is 3. The Kier molecular flexibility index (Phi) is 4.22. The van der Waals surface area contributed by atoms with Crippen LogP contribution >= 0.6 is 0 Å². The van der Waals surface area contributed by atoms with Crippen LogP contribution in [0.4, 0.5) is 0 Å². The molecule has 16 heavy (non-hydrogen) atoms. The van der Waals surface area contributed by atoms with E-state index < -0.39 is 0 Å². The van der Waals surface area contributed by atoms with E-state index in [2.05, 4.69) is 36.3 Å². The van der Waals surface area contributed by atoms with Crippen molar-refractivity contribution in [1.29, 1.82) is 0 Å². The average molecular weight is 225 g/mol. The van der Waals surface area contributed by atoms with Gasteiger partial charge in [0.1, 0.15) is 0 Å². The molecule has 3 nitrogen and oxygen atoms in total. The molecule has 0 radical (unpaired) electrons. The standard InChI is InChI=1S/C13H27N3/c1-15(2)13(12-4-7-14-10-12)11-5-8-16(3)9-6-11/h11-14H,4-10H2,1-3H3. The van der Waals surface area contributed by atoms with Gasteiger partial charge in [0, 0.05) is 6.04 Å². The van der Waals surface area contributed by atoms with Crippen molar-refractivity contribution < 1.29 is 0 Å². The van der Waals surface area contributed by atoms with Crippen LogP contribution in [0.5, 0.6) is 0 Å². The quantitative estimate of drug-likeness (QED) is 0.769. The Bertz CT molecular complexity index is 203. The van der Waals surface area contributed by atoms with E-state index in [4.69, 9.17) is 0 Å². The minimum Gasteiger partial charge on any atom is -0.316 e. The number of piperidine rings is 1. The van der Waals surface area contributed by atoms with Gasteiger partial charge in [0.2, 0.25) is 0 Å². The summed E-state index contributed by atoms with van der Waals surface area (Å²) in [4.78, 5) is 4.95. The van der Waals surface area contributed by atoms with Gasteiger partial charge in [-0.3, -0.25) is 0 Å². The Morgan fingerprint density at radius 1 is 1.12 bits per heavy atom. The fraction of sp³-hybridized carbons (Fsp3) is 1.00. The van der Waals surface area contributed by atoms with Crippen molar-refractivity contribution in [2.75, 3.05) is 47.3 Å². The van der Waals surface area contributed by atoms with Crippen molar-refractivity contribution >= 4 is 0 Å². The minimum absolute atomic E-state index is 0.795. The summed E-state index contributed by atoms with van der Waals surface area (Å²) in [5.74, 6) is 1.79. The summed E-state index contributed by atoms with van der Waals surface area (Å²) in [7, 11) is 6.78. The van der Waals surface area contributed by atoms with Gasteiger partial charge in [-0.15, -0.1) is 0 Å². The van der Waals surface area contributed by atoms with Crippen LogP contribution in [-0.4, -0.2) is 63.2 Å². The third kappa shape index (κ3) is 2.76. The van der Waals surface area contributed by atoms with E-state index in [0.29, 0.717) is 0 Å². The number of hydrogen-bond donors (Lipinski definition) is 1. The Balaban J connectivity index is 1.95. The molecule has 2 aliphatic rings. The van der Waals surface area contributed by atoms with Crippen molar-refractivity contribution in [2.45, 2.75) is 25.3 Å². The lowest BCUT2D eigenvalue weighted by Crippen LogP contribution is -2.46. The maximum absolute atomic E-state index is 3.52. The van der Waals surface area contributed by atoms with E-state index in [1.54, 1.807) is 0 Å². The second-order valence-electron chi connectivity index (χ2n) is 5.85. The molecule has 0 amide bonds. The first-order chi connectivity index (χ1) is 7.68. The van der Waals surface area contributed by atoms with Gasteiger partial charge in [0.15, 0.2) is 0 Å². The molecular weight excluding hydrogens is 198 g/mol. The molecule has 94 valence electrons. The molecule has 2 aliphatic heterocycles. The molecule has 2 unspecified atom stereocenters. The molecule has 1 N–H and O–H groups in total. The van der Waals surface area contributed by atoms with Gasteiger partial charge in [0.05, 0.1) is 0 Å². The zero-order chi connectivity index (χ0) is 11.5. The van der Waals surface area contributed by atoms with Crippen LogP contribution in [0.1, 0.15) is 19.3 Å². The molecule has 0 spiro atoms. The molecule has 2 rings (SSSR count). The lowest BCUT2D eigenvalue weighted by molar-refractivity contribution is 0.0954. The van der Waals surface area contributed by atoms with Gasteiger partial charge >= 0.3 is 0 Å². The largest absolute Gasteiger partial charge is 0.316 e. The molecule has 0 saturated carbocycles. The highest BCUT2D eigenvalue weighted by atomic mass is 15.1. The van der Waals surface area contributed by atoms with Crippen molar-refractivity contribution in [1.82, 2.24) is 15.1 Å².